The molecule has 22 heavy (non-hydrogen) atoms. The Balaban J connectivity index is 2.14. The molecule has 0 aliphatic carbocycles. The monoisotopic (exact) mass is 296 g/mol. The number of rotatable bonds is 6. The van der Waals surface area contributed by atoms with Crippen LogP contribution in [0.1, 0.15) is 35.3 Å². The maximum Gasteiger partial charge on any atom is 0.193 e. The Bertz CT molecular complexity index is 642. The van der Waals surface area contributed by atoms with Crippen molar-refractivity contribution in [2.24, 2.45) is 5.92 Å². The van der Waals surface area contributed by atoms with Gasteiger partial charge in [-0.2, -0.15) is 0 Å². The zero-order valence-corrected chi connectivity index (χ0v) is 12.8. The molecule has 2 aromatic carbocycles. The predicted octanol–water partition coefficient (Wildman–Crippen LogP) is 3.05. The van der Waals surface area contributed by atoms with E-state index in [1.54, 1.807) is 31.2 Å². The largest absolute Gasteiger partial charge is 0.393 e. The minimum atomic E-state index is -0.678. The maximum absolute atomic E-state index is 12.3. The van der Waals surface area contributed by atoms with Crippen LogP contribution < -0.4 is 0 Å². The lowest BCUT2D eigenvalue weighted by Gasteiger charge is -2.16. The third kappa shape index (κ3) is 3.89. The molecular weight excluding hydrogens is 276 g/mol. The molecule has 0 aromatic heterocycles. The second-order valence-corrected chi connectivity index (χ2v) is 5.55. The average molecular weight is 296 g/mol. The molecule has 114 valence electrons. The van der Waals surface area contributed by atoms with Crippen molar-refractivity contribution in [1.82, 2.24) is 0 Å². The molecule has 0 saturated heterocycles. The molecule has 0 aliphatic rings. The number of ketones is 2. The minimum absolute atomic E-state index is 0.0224. The van der Waals surface area contributed by atoms with E-state index in [0.29, 0.717) is 17.5 Å². The van der Waals surface area contributed by atoms with E-state index in [-0.39, 0.29) is 11.6 Å². The molecule has 2 rings (SSSR count). The van der Waals surface area contributed by atoms with Crippen molar-refractivity contribution in [3.05, 3.63) is 71.3 Å². The maximum atomic E-state index is 12.3. The summed E-state index contributed by atoms with van der Waals surface area (Å²) in [5, 5.41) is 9.66. The Labute approximate surface area is 130 Å². The normalized spacial score (nSPS) is 13.4. The molecule has 0 aliphatic heterocycles. The number of carbonyl (C=O) groups excluding carboxylic acids is 2. The van der Waals surface area contributed by atoms with Crippen molar-refractivity contribution in [2.45, 2.75) is 26.4 Å². The van der Waals surface area contributed by atoms with Gasteiger partial charge in [0.1, 0.15) is 5.78 Å². The highest BCUT2D eigenvalue weighted by atomic mass is 16.3. The van der Waals surface area contributed by atoms with Gasteiger partial charge in [0, 0.05) is 17.0 Å². The fourth-order valence-corrected chi connectivity index (χ4v) is 2.46. The van der Waals surface area contributed by atoms with Gasteiger partial charge in [-0.05, 0) is 25.8 Å². The third-order valence-corrected chi connectivity index (χ3v) is 3.81. The van der Waals surface area contributed by atoms with E-state index >= 15 is 0 Å². The quantitative estimate of drug-likeness (QED) is 0.834. The molecule has 0 radical (unpaired) electrons. The topological polar surface area (TPSA) is 54.4 Å². The number of aliphatic hydroxyl groups is 1. The van der Waals surface area contributed by atoms with Crippen LogP contribution in [0.2, 0.25) is 0 Å². The highest BCUT2D eigenvalue weighted by Crippen LogP contribution is 2.16. The summed E-state index contributed by atoms with van der Waals surface area (Å²) in [5.74, 6) is -0.457. The molecule has 1 N–H and O–H groups in total. The first kappa shape index (κ1) is 16.1. The van der Waals surface area contributed by atoms with Crippen molar-refractivity contribution in [2.75, 3.05) is 0 Å². The molecule has 0 spiro atoms. The zero-order valence-electron chi connectivity index (χ0n) is 12.8. The van der Waals surface area contributed by atoms with E-state index in [4.69, 9.17) is 0 Å². The third-order valence-electron chi connectivity index (χ3n) is 3.81. The molecule has 3 nitrogen and oxygen atoms in total. The Morgan fingerprint density at radius 2 is 1.50 bits per heavy atom. The molecule has 0 bridgehead atoms. The molecule has 0 fully saturated rings. The molecule has 3 heteroatoms. The van der Waals surface area contributed by atoms with Crippen LogP contribution in [0.4, 0.5) is 0 Å². The number of carbonyl (C=O) groups is 2. The molecular formula is C19H20O3. The van der Waals surface area contributed by atoms with Crippen molar-refractivity contribution in [3.63, 3.8) is 0 Å². The van der Waals surface area contributed by atoms with Gasteiger partial charge in [-0.3, -0.25) is 9.59 Å². The summed E-state index contributed by atoms with van der Waals surface area (Å²) in [4.78, 5) is 23.8. The van der Waals surface area contributed by atoms with Crippen LogP contribution in [0.15, 0.2) is 54.6 Å². The van der Waals surface area contributed by atoms with Crippen LogP contribution in [0.25, 0.3) is 0 Å². The molecule has 0 heterocycles. The average Bonchev–Trinajstić information content (AvgIpc) is 2.52. The van der Waals surface area contributed by atoms with Gasteiger partial charge >= 0.3 is 0 Å². The molecule has 0 amide bonds. The smallest absolute Gasteiger partial charge is 0.193 e. The second-order valence-electron chi connectivity index (χ2n) is 5.55. The van der Waals surface area contributed by atoms with Crippen molar-refractivity contribution < 1.29 is 14.7 Å². The van der Waals surface area contributed by atoms with E-state index in [9.17, 15) is 14.7 Å². The van der Waals surface area contributed by atoms with Crippen LogP contribution in [0.3, 0.4) is 0 Å². The first-order valence-electron chi connectivity index (χ1n) is 7.36. The summed E-state index contributed by atoms with van der Waals surface area (Å²) < 4.78 is 0. The van der Waals surface area contributed by atoms with Crippen molar-refractivity contribution >= 4 is 11.6 Å². The first-order chi connectivity index (χ1) is 10.5. The molecule has 0 saturated carbocycles. The molecule has 2 aromatic rings. The van der Waals surface area contributed by atoms with E-state index in [1.807, 2.05) is 30.3 Å². The summed E-state index contributed by atoms with van der Waals surface area (Å²) in [6.45, 7) is 3.12. The summed E-state index contributed by atoms with van der Waals surface area (Å²) in [6.07, 6.45) is -0.199. The lowest BCUT2D eigenvalue weighted by Crippen LogP contribution is -2.26. The summed E-state index contributed by atoms with van der Waals surface area (Å²) in [5.41, 5.74) is 2.21. The Morgan fingerprint density at radius 1 is 0.955 bits per heavy atom. The van der Waals surface area contributed by atoms with Crippen LogP contribution in [0, 0.1) is 5.92 Å². The van der Waals surface area contributed by atoms with Gasteiger partial charge < -0.3 is 5.11 Å². The van der Waals surface area contributed by atoms with Crippen molar-refractivity contribution in [1.29, 1.82) is 0 Å². The number of aliphatic hydroxyl groups excluding tert-OH is 1. The first-order valence-corrected chi connectivity index (χ1v) is 7.36. The predicted molar refractivity (Wildman–Crippen MR) is 85.9 cm³/mol. The number of Topliss-reactive ketones (excluding diaryl/α,β-unsaturated/α-hetero) is 1. The van der Waals surface area contributed by atoms with E-state index in [2.05, 4.69) is 0 Å². The number of hydrogen-bond acceptors (Lipinski definition) is 3. The van der Waals surface area contributed by atoms with Crippen molar-refractivity contribution in [3.8, 4) is 0 Å². The van der Waals surface area contributed by atoms with Crippen LogP contribution in [0.5, 0.6) is 0 Å². The van der Waals surface area contributed by atoms with Gasteiger partial charge in [0.2, 0.25) is 0 Å². The second kappa shape index (κ2) is 7.14. The van der Waals surface area contributed by atoms with Crippen LogP contribution >= 0.6 is 0 Å². The van der Waals surface area contributed by atoms with Gasteiger partial charge in [0.15, 0.2) is 5.78 Å². The summed E-state index contributed by atoms with van der Waals surface area (Å²) in [7, 11) is 0. The lowest BCUT2D eigenvalue weighted by atomic mass is 9.91. The summed E-state index contributed by atoms with van der Waals surface area (Å²) in [6, 6.07) is 16.3. The fourth-order valence-electron chi connectivity index (χ4n) is 2.46. The van der Waals surface area contributed by atoms with Crippen LogP contribution in [-0.4, -0.2) is 22.8 Å². The van der Waals surface area contributed by atoms with Crippen LogP contribution in [-0.2, 0) is 11.2 Å². The highest BCUT2D eigenvalue weighted by molar-refractivity contribution is 6.08. The molecule has 2 unspecified atom stereocenters. The Kier molecular flexibility index (Phi) is 5.23. The van der Waals surface area contributed by atoms with Gasteiger partial charge in [-0.1, -0.05) is 54.6 Å². The lowest BCUT2D eigenvalue weighted by molar-refractivity contribution is -0.123. The number of hydrogen-bond donors (Lipinski definition) is 1. The fraction of sp³-hybridized carbons (Fsp3) is 0.263. The SMILES string of the molecule is CC(=O)C(Cc1ccc(C(=O)c2ccccc2)cc1)C(C)O. The minimum Gasteiger partial charge on any atom is -0.393 e. The van der Waals surface area contributed by atoms with E-state index < -0.39 is 12.0 Å². The zero-order chi connectivity index (χ0) is 16.1. The van der Waals surface area contributed by atoms with E-state index in [0.717, 1.165) is 5.56 Å². The van der Waals surface area contributed by atoms with Gasteiger partial charge in [0.05, 0.1) is 6.10 Å². The highest BCUT2D eigenvalue weighted by Gasteiger charge is 2.20. The summed E-state index contributed by atoms with van der Waals surface area (Å²) >= 11 is 0. The van der Waals surface area contributed by atoms with Gasteiger partial charge in [0.25, 0.3) is 0 Å². The number of benzene rings is 2. The van der Waals surface area contributed by atoms with Gasteiger partial charge in [-0.25, -0.2) is 0 Å². The Morgan fingerprint density at radius 3 is 2.00 bits per heavy atom. The molecule has 2 atom stereocenters. The standard InChI is InChI=1S/C19H20O3/c1-13(20)18(14(2)21)12-15-8-10-17(11-9-15)19(22)16-6-4-3-5-7-16/h3-11,13,18,20H,12H2,1-2H3. The van der Waals surface area contributed by atoms with E-state index in [1.165, 1.54) is 6.92 Å². The van der Waals surface area contributed by atoms with Gasteiger partial charge in [-0.15, -0.1) is 0 Å². The Hall–Kier alpha value is -2.26.